The van der Waals surface area contributed by atoms with Crippen LogP contribution >= 0.6 is 0 Å². The second kappa shape index (κ2) is 7.90. The van der Waals surface area contributed by atoms with Gasteiger partial charge in [0.25, 0.3) is 5.91 Å². The number of carbonyl (C=O) groups is 2. The number of fused-ring (bicyclic) bond motifs is 1. The zero-order valence-electron chi connectivity index (χ0n) is 17.2. The Morgan fingerprint density at radius 2 is 2.28 bits per heavy atom. The number of aromatic amines is 1. The van der Waals surface area contributed by atoms with E-state index in [0.29, 0.717) is 31.0 Å². The Morgan fingerprint density at radius 1 is 1.44 bits per heavy atom. The van der Waals surface area contributed by atoms with Gasteiger partial charge in [0.1, 0.15) is 6.02 Å². The minimum absolute atomic E-state index is 0.125. The summed E-state index contributed by atoms with van der Waals surface area (Å²) in [5.74, 6) is -1.24. The number of carbonyl (C=O) groups excluding carboxylic acids is 2. The lowest BCUT2D eigenvalue weighted by atomic mass is 9.69. The van der Waals surface area contributed by atoms with E-state index < -0.39 is 30.5 Å². The van der Waals surface area contributed by atoms with Gasteiger partial charge < -0.3 is 15.8 Å². The first kappa shape index (κ1) is 14.2. The lowest BCUT2D eigenvalue weighted by Crippen LogP contribution is -2.51. The van der Waals surface area contributed by atoms with E-state index in [1.807, 2.05) is 0 Å². The number of hydrogen-bond acceptors (Lipinski definition) is 7. The summed E-state index contributed by atoms with van der Waals surface area (Å²) in [4.78, 5) is 23.6. The first-order valence-corrected chi connectivity index (χ1v) is 8.63. The van der Waals surface area contributed by atoms with E-state index in [2.05, 4.69) is 25.9 Å². The van der Waals surface area contributed by atoms with E-state index in [9.17, 15) is 9.59 Å². The Morgan fingerprint density at radius 3 is 3.00 bits per heavy atom. The molecule has 0 radical (unpaired) electrons. The molecule has 3 rings (SSSR count). The summed E-state index contributed by atoms with van der Waals surface area (Å²) in [6.07, 6.45) is 2.72. The molecule has 9 heteroatoms. The lowest BCUT2D eigenvalue weighted by molar-refractivity contribution is -0.157. The highest BCUT2D eigenvalue weighted by Gasteiger charge is 2.38. The number of nitrogens with zero attached hydrogens (tertiary/aromatic N) is 3. The van der Waals surface area contributed by atoms with Crippen LogP contribution in [0.4, 0.5) is 0 Å². The van der Waals surface area contributed by atoms with Crippen LogP contribution in [0.3, 0.4) is 0 Å². The number of rotatable bonds is 6. The van der Waals surface area contributed by atoms with Crippen LogP contribution in [0.15, 0.2) is 0 Å². The van der Waals surface area contributed by atoms with Crippen LogP contribution in [-0.2, 0) is 20.7 Å². The number of esters is 1. The molecule has 1 aliphatic heterocycles. The van der Waals surface area contributed by atoms with Gasteiger partial charge in [-0.3, -0.25) is 9.59 Å². The first-order chi connectivity index (χ1) is 13.1. The van der Waals surface area contributed by atoms with E-state index in [4.69, 9.17) is 14.6 Å². The number of tetrazole rings is 1. The number of aromatic nitrogens is 4. The van der Waals surface area contributed by atoms with Crippen molar-refractivity contribution in [2.45, 2.75) is 57.6 Å². The topological polar surface area (TPSA) is 136 Å². The molecule has 2 heterocycles. The smallest absolute Gasteiger partial charge is 0.323 e. The minimum Gasteiger partial charge on any atom is -0.451 e. The molecule has 2 aliphatic rings. The molecule has 1 aromatic heterocycles. The third-order valence-corrected chi connectivity index (χ3v) is 5.06. The maximum Gasteiger partial charge on any atom is 0.323 e. The highest BCUT2D eigenvalue weighted by molar-refractivity contribution is 5.83. The standard InChI is InChI=1S/C16H26N6O3/c1-9(15(17)23)25-16(24)13-7-12-6-10(2-4-11(12)8-18-13)3-5-14-19-21-22-20-14/h9-13,18H,2-8H2,1H3,(H2,17,23)(H,19,20,21,22)/t9-,10+,11-,12+,13-/m0/s1/i8D2,13D. The number of amides is 1. The van der Waals surface area contributed by atoms with Gasteiger partial charge in [0.15, 0.2) is 11.9 Å². The third kappa shape index (κ3) is 4.53. The van der Waals surface area contributed by atoms with Crippen molar-refractivity contribution in [1.29, 1.82) is 0 Å². The van der Waals surface area contributed by atoms with Gasteiger partial charge in [-0.1, -0.05) is 11.6 Å². The van der Waals surface area contributed by atoms with Gasteiger partial charge in [-0.2, -0.15) is 5.21 Å². The fourth-order valence-corrected chi connectivity index (χ4v) is 3.58. The summed E-state index contributed by atoms with van der Waals surface area (Å²) in [5.41, 5.74) is 5.12. The highest BCUT2D eigenvalue weighted by atomic mass is 16.5. The maximum absolute atomic E-state index is 12.5. The minimum atomic E-state index is -1.95. The van der Waals surface area contributed by atoms with Crippen LogP contribution < -0.4 is 11.1 Å². The molecule has 0 unspecified atom stereocenters. The molecule has 138 valence electrons. The Bertz CT molecular complexity index is 718. The summed E-state index contributed by atoms with van der Waals surface area (Å²) in [6, 6.07) is -1.95. The van der Waals surface area contributed by atoms with Crippen molar-refractivity contribution < 1.29 is 18.4 Å². The maximum atomic E-state index is 12.5. The van der Waals surface area contributed by atoms with Gasteiger partial charge in [0, 0.05) is 9.16 Å². The van der Waals surface area contributed by atoms with Crippen molar-refractivity contribution in [3.05, 3.63) is 5.82 Å². The average molecular weight is 353 g/mol. The summed E-state index contributed by atoms with van der Waals surface area (Å²) < 4.78 is 30.2. The van der Waals surface area contributed by atoms with Crippen molar-refractivity contribution in [3.8, 4) is 0 Å². The summed E-state index contributed by atoms with van der Waals surface area (Å²) in [5, 5.41) is 16.4. The van der Waals surface area contributed by atoms with Crippen molar-refractivity contribution in [1.82, 2.24) is 25.9 Å². The zero-order chi connectivity index (χ0) is 20.5. The summed E-state index contributed by atoms with van der Waals surface area (Å²) in [6.45, 7) is -0.545. The molecule has 1 saturated carbocycles. The molecule has 1 aromatic rings. The molecule has 9 nitrogen and oxygen atoms in total. The van der Waals surface area contributed by atoms with E-state index >= 15 is 0 Å². The van der Waals surface area contributed by atoms with Gasteiger partial charge in [-0.15, -0.1) is 10.2 Å². The van der Waals surface area contributed by atoms with Crippen LogP contribution in [0.1, 0.15) is 49.0 Å². The Hall–Kier alpha value is -2.03. The normalized spacial score (nSPS) is 37.0. The van der Waals surface area contributed by atoms with E-state index in [0.717, 1.165) is 12.8 Å². The molecule has 5 atom stereocenters. The monoisotopic (exact) mass is 353 g/mol. The largest absolute Gasteiger partial charge is 0.451 e. The molecule has 25 heavy (non-hydrogen) atoms. The zero-order valence-corrected chi connectivity index (χ0v) is 14.2. The van der Waals surface area contributed by atoms with Crippen molar-refractivity contribution in [3.63, 3.8) is 0 Å². The molecule has 1 amide bonds. The van der Waals surface area contributed by atoms with Crippen LogP contribution in [0.25, 0.3) is 0 Å². The molecule has 0 spiro atoms. The number of ether oxygens (including phenoxy) is 1. The second-order valence-electron chi connectivity index (χ2n) is 6.81. The fraction of sp³-hybridized carbons (Fsp3) is 0.812. The number of nitrogens with one attached hydrogen (secondary N) is 2. The molecule has 1 aliphatic carbocycles. The number of aryl methyl sites for hydroxylation is 1. The molecular weight excluding hydrogens is 324 g/mol. The Labute approximate surface area is 150 Å². The van der Waals surface area contributed by atoms with Gasteiger partial charge in [-0.25, -0.2) is 0 Å². The van der Waals surface area contributed by atoms with Gasteiger partial charge in [0.05, 0.1) is 1.37 Å². The number of primary amides is 1. The van der Waals surface area contributed by atoms with Gasteiger partial charge in [0.2, 0.25) is 0 Å². The number of nitrogens with two attached hydrogens (primary N) is 1. The van der Waals surface area contributed by atoms with Crippen LogP contribution in [-0.4, -0.2) is 51.1 Å². The predicted molar refractivity (Wildman–Crippen MR) is 88.0 cm³/mol. The predicted octanol–water partition coefficient (Wildman–Crippen LogP) is -0.0563. The highest BCUT2D eigenvalue weighted by Crippen LogP contribution is 2.40. The Kier molecular flexibility index (Phi) is 4.48. The van der Waals surface area contributed by atoms with Crippen LogP contribution in [0.5, 0.6) is 0 Å². The van der Waals surface area contributed by atoms with Crippen molar-refractivity contribution in [2.24, 2.45) is 23.5 Å². The van der Waals surface area contributed by atoms with Gasteiger partial charge >= 0.3 is 5.97 Å². The first-order valence-electron chi connectivity index (χ1n) is 10.1. The summed E-state index contributed by atoms with van der Waals surface area (Å²) >= 11 is 0. The fourth-order valence-electron chi connectivity index (χ4n) is 3.58. The molecule has 0 aromatic carbocycles. The van der Waals surface area contributed by atoms with E-state index in [1.165, 1.54) is 6.92 Å². The van der Waals surface area contributed by atoms with Crippen molar-refractivity contribution >= 4 is 11.9 Å². The SMILES string of the molecule is [2H]C1([2H])N[C@]([2H])(C(=O)O[C@@H](C)C(N)=O)C[C@H]2C[C@@H](CCc3nn[nH]n3)CC[C@H]21. The van der Waals surface area contributed by atoms with E-state index in [1.54, 1.807) is 0 Å². The second-order valence-corrected chi connectivity index (χ2v) is 6.81. The molecule has 1 saturated heterocycles. The number of piperidine rings is 1. The van der Waals surface area contributed by atoms with Crippen LogP contribution in [0, 0.1) is 17.8 Å². The molecule has 0 bridgehead atoms. The third-order valence-electron chi connectivity index (χ3n) is 5.06. The molecule has 4 N–H and O–H groups in total. The molecule has 2 fully saturated rings. The van der Waals surface area contributed by atoms with Crippen molar-refractivity contribution in [2.75, 3.05) is 6.50 Å². The lowest BCUT2D eigenvalue weighted by Gasteiger charge is -2.42. The quantitative estimate of drug-likeness (QED) is 0.610. The van der Waals surface area contributed by atoms with Crippen LogP contribution in [0.2, 0.25) is 0 Å². The molecular formula is C16H26N6O3. The average Bonchev–Trinajstić information content (AvgIpc) is 3.12. The Balaban J connectivity index is 1.67. The number of H-pyrrole nitrogens is 1. The van der Waals surface area contributed by atoms with Gasteiger partial charge in [-0.05, 0) is 56.9 Å². The summed E-state index contributed by atoms with van der Waals surface area (Å²) in [7, 11) is 0. The van der Waals surface area contributed by atoms with E-state index in [-0.39, 0.29) is 18.3 Å². The number of hydrogen-bond donors (Lipinski definition) is 3.